The first-order valence-corrected chi connectivity index (χ1v) is 7.17. The number of pyridine rings is 1. The molecule has 0 spiro atoms. The second-order valence-corrected chi connectivity index (χ2v) is 5.21. The number of fused-ring (bicyclic) bond motifs is 1. The van der Waals surface area contributed by atoms with E-state index in [0.29, 0.717) is 10.7 Å². The van der Waals surface area contributed by atoms with E-state index in [0.717, 1.165) is 16.5 Å². The lowest BCUT2D eigenvalue weighted by Gasteiger charge is -2.03. The lowest BCUT2D eigenvalue weighted by molar-refractivity contribution is 0.0949. The highest BCUT2D eigenvalue weighted by Gasteiger charge is 2.06. The molecule has 3 rings (SSSR count). The SMILES string of the molecule is Cc1ccc2cc(/C=N\NC(=O)c3cnccn3)c(Cl)nc2c1. The molecule has 0 aliphatic heterocycles. The van der Waals surface area contributed by atoms with E-state index >= 15 is 0 Å². The number of amides is 1. The van der Waals surface area contributed by atoms with Gasteiger partial charge < -0.3 is 0 Å². The van der Waals surface area contributed by atoms with Crippen molar-refractivity contribution in [3.05, 3.63) is 64.8 Å². The highest BCUT2D eigenvalue weighted by Crippen LogP contribution is 2.20. The van der Waals surface area contributed by atoms with Gasteiger partial charge in [0.15, 0.2) is 0 Å². The fraction of sp³-hybridized carbons (Fsp3) is 0.0625. The molecule has 0 bridgehead atoms. The molecule has 23 heavy (non-hydrogen) atoms. The Morgan fingerprint density at radius 3 is 2.96 bits per heavy atom. The van der Waals surface area contributed by atoms with E-state index in [1.54, 1.807) is 0 Å². The number of aromatic nitrogens is 3. The van der Waals surface area contributed by atoms with Crippen molar-refractivity contribution in [2.24, 2.45) is 5.10 Å². The van der Waals surface area contributed by atoms with E-state index < -0.39 is 5.91 Å². The minimum Gasteiger partial charge on any atom is -0.265 e. The van der Waals surface area contributed by atoms with Gasteiger partial charge in [-0.05, 0) is 24.6 Å². The molecule has 0 atom stereocenters. The molecule has 0 unspecified atom stereocenters. The Hall–Kier alpha value is -2.86. The first-order chi connectivity index (χ1) is 11.1. The van der Waals surface area contributed by atoms with Crippen LogP contribution in [0.2, 0.25) is 5.15 Å². The van der Waals surface area contributed by atoms with Gasteiger partial charge in [-0.25, -0.2) is 15.4 Å². The summed E-state index contributed by atoms with van der Waals surface area (Å²) in [6.07, 6.45) is 5.73. The average molecular weight is 326 g/mol. The number of nitrogens with zero attached hydrogens (tertiary/aromatic N) is 4. The highest BCUT2D eigenvalue weighted by atomic mass is 35.5. The maximum absolute atomic E-state index is 11.8. The van der Waals surface area contributed by atoms with Gasteiger partial charge in [0, 0.05) is 23.3 Å². The molecule has 0 aliphatic rings. The summed E-state index contributed by atoms with van der Waals surface area (Å²) in [7, 11) is 0. The average Bonchev–Trinajstić information content (AvgIpc) is 2.56. The first-order valence-electron chi connectivity index (χ1n) is 6.80. The van der Waals surface area contributed by atoms with Crippen molar-refractivity contribution in [1.29, 1.82) is 0 Å². The van der Waals surface area contributed by atoms with E-state index in [2.05, 4.69) is 25.5 Å². The molecule has 2 aromatic heterocycles. The number of nitrogens with one attached hydrogen (secondary N) is 1. The zero-order chi connectivity index (χ0) is 16.2. The van der Waals surface area contributed by atoms with Gasteiger partial charge in [0.2, 0.25) is 0 Å². The van der Waals surface area contributed by atoms with Crippen molar-refractivity contribution in [2.45, 2.75) is 6.92 Å². The summed E-state index contributed by atoms with van der Waals surface area (Å²) >= 11 is 6.15. The van der Waals surface area contributed by atoms with Crippen LogP contribution in [0.25, 0.3) is 10.9 Å². The molecule has 3 aromatic rings. The third-order valence-electron chi connectivity index (χ3n) is 3.12. The largest absolute Gasteiger partial charge is 0.291 e. The van der Waals surface area contributed by atoms with Crippen LogP contribution < -0.4 is 5.43 Å². The van der Waals surface area contributed by atoms with E-state index in [1.165, 1.54) is 24.8 Å². The summed E-state index contributed by atoms with van der Waals surface area (Å²) in [5.74, 6) is -0.449. The summed E-state index contributed by atoms with van der Waals surface area (Å²) in [6, 6.07) is 7.78. The molecule has 1 N–H and O–H groups in total. The molecule has 0 radical (unpaired) electrons. The second-order valence-electron chi connectivity index (χ2n) is 4.85. The summed E-state index contributed by atoms with van der Waals surface area (Å²) in [5.41, 5.74) is 5.10. The van der Waals surface area contributed by atoms with Gasteiger partial charge in [0.25, 0.3) is 5.91 Å². The van der Waals surface area contributed by atoms with Crippen molar-refractivity contribution in [2.75, 3.05) is 0 Å². The predicted octanol–water partition coefficient (Wildman–Crippen LogP) is 2.75. The first kappa shape index (κ1) is 15.1. The van der Waals surface area contributed by atoms with Gasteiger partial charge in [-0.2, -0.15) is 5.10 Å². The minimum atomic E-state index is -0.449. The Balaban J connectivity index is 1.79. The van der Waals surface area contributed by atoms with Crippen molar-refractivity contribution < 1.29 is 4.79 Å². The van der Waals surface area contributed by atoms with Crippen LogP contribution in [-0.2, 0) is 0 Å². The highest BCUT2D eigenvalue weighted by molar-refractivity contribution is 6.32. The maximum atomic E-state index is 11.8. The summed E-state index contributed by atoms with van der Waals surface area (Å²) in [4.78, 5) is 23.8. The number of carbonyl (C=O) groups is 1. The third kappa shape index (κ3) is 3.49. The Labute approximate surface area is 137 Å². The van der Waals surface area contributed by atoms with Crippen LogP contribution in [0.1, 0.15) is 21.6 Å². The molecular weight excluding hydrogens is 314 g/mol. The molecule has 6 nitrogen and oxygen atoms in total. The molecule has 0 saturated heterocycles. The molecule has 0 saturated carbocycles. The standard InChI is InChI=1S/C16H12ClN5O/c1-10-2-3-11-7-12(15(17)21-13(11)6-10)8-20-22-16(23)14-9-18-4-5-19-14/h2-9H,1H3,(H,22,23)/b20-8-. The van der Waals surface area contributed by atoms with Crippen molar-refractivity contribution in [3.8, 4) is 0 Å². The molecule has 2 heterocycles. The minimum absolute atomic E-state index is 0.183. The number of carbonyl (C=O) groups excluding carboxylic acids is 1. The molecule has 114 valence electrons. The van der Waals surface area contributed by atoms with Crippen LogP contribution in [0, 0.1) is 6.92 Å². The number of hydrazone groups is 1. The summed E-state index contributed by atoms with van der Waals surface area (Å²) < 4.78 is 0. The predicted molar refractivity (Wildman–Crippen MR) is 88.6 cm³/mol. The van der Waals surface area contributed by atoms with Crippen molar-refractivity contribution in [3.63, 3.8) is 0 Å². The van der Waals surface area contributed by atoms with Crippen LogP contribution in [0.15, 0.2) is 48.0 Å². The lowest BCUT2D eigenvalue weighted by atomic mass is 10.1. The molecule has 0 aliphatic carbocycles. The zero-order valence-electron chi connectivity index (χ0n) is 12.2. The summed E-state index contributed by atoms with van der Waals surface area (Å²) in [6.45, 7) is 1.99. The molecular formula is C16H12ClN5O. The summed E-state index contributed by atoms with van der Waals surface area (Å²) in [5, 5.41) is 5.15. The number of benzene rings is 1. The normalized spacial score (nSPS) is 11.0. The Morgan fingerprint density at radius 2 is 2.17 bits per heavy atom. The lowest BCUT2D eigenvalue weighted by Crippen LogP contribution is -2.19. The van der Waals surface area contributed by atoms with Crippen LogP contribution in [0.3, 0.4) is 0 Å². The molecule has 7 heteroatoms. The molecule has 0 fully saturated rings. The van der Waals surface area contributed by atoms with Crippen LogP contribution >= 0.6 is 11.6 Å². The van der Waals surface area contributed by atoms with Crippen LogP contribution in [0.5, 0.6) is 0 Å². The number of hydrogen-bond acceptors (Lipinski definition) is 5. The number of halogens is 1. The quantitative estimate of drug-likeness (QED) is 0.456. The Kier molecular flexibility index (Phi) is 4.25. The zero-order valence-corrected chi connectivity index (χ0v) is 12.9. The third-order valence-corrected chi connectivity index (χ3v) is 3.42. The van der Waals surface area contributed by atoms with E-state index in [1.807, 2.05) is 31.2 Å². The fourth-order valence-corrected chi connectivity index (χ4v) is 2.19. The van der Waals surface area contributed by atoms with Crippen molar-refractivity contribution in [1.82, 2.24) is 20.4 Å². The van der Waals surface area contributed by atoms with Gasteiger partial charge in [0.1, 0.15) is 10.8 Å². The number of hydrogen-bond donors (Lipinski definition) is 1. The number of rotatable bonds is 3. The fourth-order valence-electron chi connectivity index (χ4n) is 1.99. The Bertz CT molecular complexity index is 896. The van der Waals surface area contributed by atoms with Crippen molar-refractivity contribution >= 4 is 34.6 Å². The monoisotopic (exact) mass is 325 g/mol. The van der Waals surface area contributed by atoms with Crippen LogP contribution in [-0.4, -0.2) is 27.1 Å². The van der Waals surface area contributed by atoms with E-state index in [4.69, 9.17) is 11.6 Å². The smallest absolute Gasteiger partial charge is 0.265 e. The number of aryl methyl sites for hydroxylation is 1. The van der Waals surface area contributed by atoms with Gasteiger partial charge in [0.05, 0.1) is 17.9 Å². The second kappa shape index (κ2) is 6.50. The van der Waals surface area contributed by atoms with E-state index in [9.17, 15) is 4.79 Å². The van der Waals surface area contributed by atoms with Gasteiger partial charge in [-0.1, -0.05) is 23.7 Å². The molecule has 1 amide bonds. The van der Waals surface area contributed by atoms with Gasteiger partial charge >= 0.3 is 0 Å². The molecule has 1 aromatic carbocycles. The van der Waals surface area contributed by atoms with Gasteiger partial charge in [-0.15, -0.1) is 0 Å². The van der Waals surface area contributed by atoms with E-state index in [-0.39, 0.29) is 5.69 Å². The topological polar surface area (TPSA) is 80.1 Å². The van der Waals surface area contributed by atoms with Gasteiger partial charge in [-0.3, -0.25) is 9.78 Å². The Morgan fingerprint density at radius 1 is 1.30 bits per heavy atom. The van der Waals surface area contributed by atoms with Crippen LogP contribution in [0.4, 0.5) is 0 Å². The maximum Gasteiger partial charge on any atom is 0.291 e.